The summed E-state index contributed by atoms with van der Waals surface area (Å²) in [6, 6.07) is 8.43. The molecule has 0 unspecified atom stereocenters. The molecule has 2 aromatic heterocycles. The van der Waals surface area contributed by atoms with Gasteiger partial charge in [-0.3, -0.25) is 14.5 Å². The van der Waals surface area contributed by atoms with Gasteiger partial charge in [0.15, 0.2) is 0 Å². The Morgan fingerprint density at radius 1 is 1.18 bits per heavy atom. The number of nitrogens with one attached hydrogen (secondary N) is 1. The van der Waals surface area contributed by atoms with Crippen molar-refractivity contribution >= 4 is 16.8 Å². The molecule has 3 aromatic rings. The summed E-state index contributed by atoms with van der Waals surface area (Å²) in [5.74, 6) is 0.641. The summed E-state index contributed by atoms with van der Waals surface area (Å²) < 4.78 is 1.98. The molecule has 0 saturated carbocycles. The third kappa shape index (κ3) is 3.88. The van der Waals surface area contributed by atoms with Crippen LogP contribution in [0.25, 0.3) is 10.9 Å². The predicted octanol–water partition coefficient (Wildman–Crippen LogP) is 3.70. The van der Waals surface area contributed by atoms with Gasteiger partial charge in [-0.05, 0) is 58.2 Å². The van der Waals surface area contributed by atoms with E-state index in [1.54, 1.807) is 0 Å². The largest absolute Gasteiger partial charge is 0.340 e. The first-order valence-electron chi connectivity index (χ1n) is 12.1. The number of carbonyl (C=O) groups is 1. The van der Waals surface area contributed by atoms with Crippen LogP contribution in [0.1, 0.15) is 72.3 Å². The fourth-order valence-corrected chi connectivity index (χ4v) is 5.34. The van der Waals surface area contributed by atoms with Gasteiger partial charge in [-0.25, -0.2) is 4.98 Å². The number of hydrogen-bond donors (Lipinski definition) is 1. The van der Waals surface area contributed by atoms with E-state index in [0.29, 0.717) is 30.6 Å². The molecule has 0 aliphatic carbocycles. The maximum Gasteiger partial charge on any atom is 0.271 e. The molecule has 1 aromatic carbocycles. The molecule has 1 saturated heterocycles. The highest BCUT2D eigenvalue weighted by molar-refractivity contribution is 5.99. The van der Waals surface area contributed by atoms with Crippen molar-refractivity contribution in [3.05, 3.63) is 63.0 Å². The third-order valence-electron chi connectivity index (χ3n) is 7.34. The van der Waals surface area contributed by atoms with Crippen LogP contribution in [0.4, 0.5) is 0 Å². The number of amides is 1. The number of aryl methyl sites for hydroxylation is 2. The molecule has 2 aliphatic rings. The Labute approximate surface area is 194 Å². The van der Waals surface area contributed by atoms with Gasteiger partial charge in [-0.1, -0.05) is 11.6 Å². The van der Waals surface area contributed by atoms with E-state index >= 15 is 0 Å². The van der Waals surface area contributed by atoms with E-state index in [2.05, 4.69) is 48.9 Å². The quantitative estimate of drug-likeness (QED) is 0.664. The second kappa shape index (κ2) is 8.45. The molecule has 0 radical (unpaired) electrons. The van der Waals surface area contributed by atoms with Crippen molar-refractivity contribution in [3.8, 4) is 0 Å². The topological polar surface area (TPSA) is 74.2 Å². The van der Waals surface area contributed by atoms with Crippen LogP contribution in [0.5, 0.6) is 0 Å². The van der Waals surface area contributed by atoms with Gasteiger partial charge in [0.05, 0.1) is 17.3 Å². The molecule has 1 fully saturated rings. The first-order chi connectivity index (χ1) is 15.8. The normalized spacial score (nSPS) is 19.3. The zero-order chi connectivity index (χ0) is 23.3. The molecule has 7 heteroatoms. The maximum absolute atomic E-state index is 13.7. The zero-order valence-corrected chi connectivity index (χ0v) is 20.0. The van der Waals surface area contributed by atoms with Gasteiger partial charge in [-0.15, -0.1) is 0 Å². The second-order valence-electron chi connectivity index (χ2n) is 9.85. The summed E-state index contributed by atoms with van der Waals surface area (Å²) in [5, 5.41) is 1.07. The monoisotopic (exact) mass is 447 g/mol. The lowest BCUT2D eigenvalue weighted by molar-refractivity contribution is 0.0589. The van der Waals surface area contributed by atoms with Gasteiger partial charge in [0, 0.05) is 50.0 Å². The van der Waals surface area contributed by atoms with E-state index < -0.39 is 0 Å². The Morgan fingerprint density at radius 2 is 2.00 bits per heavy atom. The average molecular weight is 448 g/mol. The van der Waals surface area contributed by atoms with Crippen molar-refractivity contribution < 1.29 is 4.79 Å². The Hall–Kier alpha value is -2.93. The number of piperidine rings is 1. The summed E-state index contributed by atoms with van der Waals surface area (Å²) in [5.41, 5.74) is 4.51. The number of aromatic nitrogens is 3. The van der Waals surface area contributed by atoms with Crippen LogP contribution in [0.2, 0.25) is 0 Å². The molecule has 33 heavy (non-hydrogen) atoms. The fourth-order valence-electron chi connectivity index (χ4n) is 5.34. The maximum atomic E-state index is 13.7. The number of H-pyrrole nitrogens is 1. The van der Waals surface area contributed by atoms with Crippen molar-refractivity contribution in [2.75, 3.05) is 13.1 Å². The van der Waals surface area contributed by atoms with Crippen molar-refractivity contribution in [1.82, 2.24) is 24.3 Å². The smallest absolute Gasteiger partial charge is 0.271 e. The number of aromatic amines is 1. The molecule has 4 heterocycles. The van der Waals surface area contributed by atoms with Crippen molar-refractivity contribution in [2.24, 2.45) is 7.05 Å². The van der Waals surface area contributed by atoms with Gasteiger partial charge in [0.2, 0.25) is 0 Å². The van der Waals surface area contributed by atoms with Gasteiger partial charge in [0.25, 0.3) is 11.5 Å². The Morgan fingerprint density at radius 3 is 2.79 bits per heavy atom. The van der Waals surface area contributed by atoms with Crippen LogP contribution in [-0.4, -0.2) is 49.4 Å². The van der Waals surface area contributed by atoms with Crippen LogP contribution < -0.4 is 5.56 Å². The molecule has 5 rings (SSSR count). The summed E-state index contributed by atoms with van der Waals surface area (Å²) in [6.45, 7) is 8.59. The lowest BCUT2D eigenvalue weighted by Crippen LogP contribution is -2.43. The Balaban J connectivity index is 1.49. The minimum absolute atomic E-state index is 0.00223. The number of carbonyl (C=O) groups excluding carboxylic acids is 1. The van der Waals surface area contributed by atoms with E-state index in [9.17, 15) is 9.59 Å². The van der Waals surface area contributed by atoms with Crippen molar-refractivity contribution in [3.63, 3.8) is 0 Å². The van der Waals surface area contributed by atoms with E-state index in [1.165, 1.54) is 5.56 Å². The predicted molar refractivity (Wildman–Crippen MR) is 129 cm³/mol. The average Bonchev–Trinajstić information content (AvgIpc) is 3.13. The molecule has 2 aliphatic heterocycles. The van der Waals surface area contributed by atoms with E-state index in [-0.39, 0.29) is 17.5 Å². The van der Waals surface area contributed by atoms with E-state index in [4.69, 9.17) is 4.98 Å². The Kier molecular flexibility index (Phi) is 5.60. The highest BCUT2D eigenvalue weighted by Gasteiger charge is 2.33. The number of benzene rings is 1. The minimum Gasteiger partial charge on any atom is -0.340 e. The Bertz CT molecular complexity index is 1270. The molecule has 7 nitrogen and oxygen atoms in total. The van der Waals surface area contributed by atoms with Gasteiger partial charge < -0.3 is 14.5 Å². The van der Waals surface area contributed by atoms with E-state index in [1.807, 2.05) is 22.6 Å². The first-order valence-corrected chi connectivity index (χ1v) is 12.1. The van der Waals surface area contributed by atoms with Crippen LogP contribution in [-0.2, 0) is 20.0 Å². The SMILES string of the molecule is Cc1ccc2c(c1)cc(C(=O)N1CCCC[C@H]1c1nc3c(c(=O)[nH]1)CN(C(C)C)CC3)n2C. The minimum atomic E-state index is -0.202. The van der Waals surface area contributed by atoms with E-state index in [0.717, 1.165) is 54.4 Å². The summed E-state index contributed by atoms with van der Waals surface area (Å²) in [6.07, 6.45) is 3.57. The third-order valence-corrected chi connectivity index (χ3v) is 7.34. The number of rotatable bonds is 3. The molecule has 1 atom stereocenters. The lowest BCUT2D eigenvalue weighted by Gasteiger charge is -2.36. The second-order valence-corrected chi connectivity index (χ2v) is 9.85. The summed E-state index contributed by atoms with van der Waals surface area (Å²) in [4.78, 5) is 38.9. The molecular weight excluding hydrogens is 414 g/mol. The van der Waals surface area contributed by atoms with Crippen LogP contribution in [0.15, 0.2) is 29.1 Å². The van der Waals surface area contributed by atoms with Crippen LogP contribution >= 0.6 is 0 Å². The summed E-state index contributed by atoms with van der Waals surface area (Å²) in [7, 11) is 1.95. The van der Waals surface area contributed by atoms with Gasteiger partial charge in [0.1, 0.15) is 11.5 Å². The zero-order valence-electron chi connectivity index (χ0n) is 20.0. The van der Waals surface area contributed by atoms with Crippen LogP contribution in [0, 0.1) is 6.92 Å². The summed E-state index contributed by atoms with van der Waals surface area (Å²) >= 11 is 0. The standard InChI is InChI=1S/C26H33N5O2/c1-16(2)30-12-10-20-19(15-30)25(32)28-24(27-20)22-7-5-6-11-31(22)26(33)23-14-18-13-17(3)8-9-21(18)29(23)4/h8-9,13-14,16,22H,5-7,10-12,15H2,1-4H3,(H,27,28,32)/t22-/m0/s1. The van der Waals surface area contributed by atoms with Crippen LogP contribution in [0.3, 0.4) is 0 Å². The lowest BCUT2D eigenvalue weighted by atomic mass is 9.99. The number of nitrogens with zero attached hydrogens (tertiary/aromatic N) is 4. The number of fused-ring (bicyclic) bond motifs is 2. The van der Waals surface area contributed by atoms with Gasteiger partial charge >= 0.3 is 0 Å². The van der Waals surface area contributed by atoms with Crippen molar-refractivity contribution in [1.29, 1.82) is 0 Å². The number of likely N-dealkylation sites (tertiary alicyclic amines) is 1. The molecular formula is C26H33N5O2. The van der Waals surface area contributed by atoms with Gasteiger partial charge in [-0.2, -0.15) is 0 Å². The molecule has 0 spiro atoms. The van der Waals surface area contributed by atoms with Crippen molar-refractivity contribution in [2.45, 2.75) is 65.1 Å². The molecule has 0 bridgehead atoms. The molecule has 174 valence electrons. The first kappa shape index (κ1) is 21.9. The number of hydrogen-bond acceptors (Lipinski definition) is 4. The molecule has 1 N–H and O–H groups in total. The fraction of sp³-hybridized carbons (Fsp3) is 0.500. The highest BCUT2D eigenvalue weighted by atomic mass is 16.2. The highest BCUT2D eigenvalue weighted by Crippen LogP contribution is 2.32. The molecule has 1 amide bonds.